The van der Waals surface area contributed by atoms with Crippen molar-refractivity contribution in [1.29, 1.82) is 0 Å². The Morgan fingerprint density at radius 3 is 2.00 bits per heavy atom. The largest absolute Gasteiger partial charge is 0.457 e. The van der Waals surface area contributed by atoms with Crippen LogP contribution in [-0.4, -0.2) is 11.8 Å². The van der Waals surface area contributed by atoms with Crippen LogP contribution >= 0.6 is 0 Å². The van der Waals surface area contributed by atoms with E-state index < -0.39 is 5.91 Å². The van der Waals surface area contributed by atoms with Crippen LogP contribution in [0.1, 0.15) is 39.2 Å². The van der Waals surface area contributed by atoms with Crippen LogP contribution in [0.25, 0.3) is 10.8 Å². The summed E-state index contributed by atoms with van der Waals surface area (Å²) in [5, 5.41) is 5.34. The van der Waals surface area contributed by atoms with E-state index in [1.807, 2.05) is 31.2 Å². The third-order valence-electron chi connectivity index (χ3n) is 5.13. The fourth-order valence-electron chi connectivity index (χ4n) is 3.48. The molecule has 0 radical (unpaired) electrons. The first-order valence-electron chi connectivity index (χ1n) is 9.97. The molecule has 0 aromatic heterocycles. The van der Waals surface area contributed by atoms with Gasteiger partial charge in [0.15, 0.2) is 0 Å². The quantitative estimate of drug-likeness (QED) is 0.457. The number of benzene rings is 4. The smallest absolute Gasteiger partial charge is 0.251 e. The lowest BCUT2D eigenvalue weighted by molar-refractivity contribution is 0.0939. The molecule has 0 spiro atoms. The normalized spacial score (nSPS) is 11.6. The molecule has 0 saturated carbocycles. The number of rotatable bonds is 6. The van der Waals surface area contributed by atoms with Crippen molar-refractivity contribution in [3.05, 3.63) is 108 Å². The van der Waals surface area contributed by atoms with Gasteiger partial charge in [-0.2, -0.15) is 0 Å². The standard InChI is InChI=1S/C26H22N2O3/c1-17(23-8-4-6-18-5-2-3-7-24(18)23)28-26(30)20-11-15-22(16-12-20)31-21-13-9-19(10-14-21)25(27)29/h2-17H,1H3,(H2,27,29)(H,28,30). The van der Waals surface area contributed by atoms with E-state index in [0.717, 1.165) is 16.3 Å². The van der Waals surface area contributed by atoms with E-state index in [1.54, 1.807) is 48.5 Å². The predicted octanol–water partition coefficient (Wildman–Crippen LogP) is 5.22. The Bertz CT molecular complexity index is 1230. The molecule has 5 nitrogen and oxygen atoms in total. The van der Waals surface area contributed by atoms with Gasteiger partial charge in [0.05, 0.1) is 6.04 Å². The van der Waals surface area contributed by atoms with E-state index in [0.29, 0.717) is 22.6 Å². The lowest BCUT2D eigenvalue weighted by atomic mass is 9.99. The Balaban J connectivity index is 1.43. The molecule has 4 aromatic carbocycles. The number of nitrogens with one attached hydrogen (secondary N) is 1. The molecule has 4 aromatic rings. The summed E-state index contributed by atoms with van der Waals surface area (Å²) in [6.07, 6.45) is 0. The maximum atomic E-state index is 12.7. The van der Waals surface area contributed by atoms with Crippen LogP contribution in [0, 0.1) is 0 Å². The van der Waals surface area contributed by atoms with Crippen LogP contribution in [0.4, 0.5) is 0 Å². The number of hydrogen-bond acceptors (Lipinski definition) is 3. The predicted molar refractivity (Wildman–Crippen MR) is 121 cm³/mol. The van der Waals surface area contributed by atoms with Gasteiger partial charge in [-0.3, -0.25) is 9.59 Å². The molecule has 0 saturated heterocycles. The van der Waals surface area contributed by atoms with Crippen molar-refractivity contribution in [2.75, 3.05) is 0 Å². The van der Waals surface area contributed by atoms with Crippen molar-refractivity contribution in [2.24, 2.45) is 5.73 Å². The lowest BCUT2D eigenvalue weighted by Crippen LogP contribution is -2.26. The van der Waals surface area contributed by atoms with E-state index in [4.69, 9.17) is 10.5 Å². The van der Waals surface area contributed by atoms with E-state index in [9.17, 15) is 9.59 Å². The average Bonchev–Trinajstić information content (AvgIpc) is 2.79. The first-order valence-corrected chi connectivity index (χ1v) is 9.97. The number of fused-ring (bicyclic) bond motifs is 1. The summed E-state index contributed by atoms with van der Waals surface area (Å²) in [6, 6.07) is 27.6. The zero-order valence-corrected chi connectivity index (χ0v) is 17.0. The number of carbonyl (C=O) groups is 2. The van der Waals surface area contributed by atoms with Crippen molar-refractivity contribution in [2.45, 2.75) is 13.0 Å². The summed E-state index contributed by atoms with van der Waals surface area (Å²) in [4.78, 5) is 23.9. The van der Waals surface area contributed by atoms with Gasteiger partial charge >= 0.3 is 0 Å². The molecule has 0 fully saturated rings. The van der Waals surface area contributed by atoms with Gasteiger partial charge in [0.1, 0.15) is 11.5 Å². The first-order chi connectivity index (χ1) is 15.0. The highest BCUT2D eigenvalue weighted by Gasteiger charge is 2.14. The number of primary amides is 1. The van der Waals surface area contributed by atoms with Gasteiger partial charge in [-0.05, 0) is 71.8 Å². The molecule has 1 atom stereocenters. The molecule has 0 aliphatic carbocycles. The molecule has 31 heavy (non-hydrogen) atoms. The Labute approximate surface area is 180 Å². The van der Waals surface area contributed by atoms with Gasteiger partial charge < -0.3 is 15.8 Å². The Hall–Kier alpha value is -4.12. The molecule has 154 valence electrons. The first kappa shape index (κ1) is 20.2. The minimum Gasteiger partial charge on any atom is -0.457 e. The molecule has 0 aliphatic rings. The summed E-state index contributed by atoms with van der Waals surface area (Å²) >= 11 is 0. The van der Waals surface area contributed by atoms with Crippen LogP contribution in [0.3, 0.4) is 0 Å². The molecule has 2 amide bonds. The van der Waals surface area contributed by atoms with Gasteiger partial charge in [-0.1, -0.05) is 42.5 Å². The fraction of sp³-hybridized carbons (Fsp3) is 0.0769. The fourth-order valence-corrected chi connectivity index (χ4v) is 3.48. The molecule has 3 N–H and O–H groups in total. The summed E-state index contributed by atoms with van der Waals surface area (Å²) in [7, 11) is 0. The highest BCUT2D eigenvalue weighted by Crippen LogP contribution is 2.25. The minimum atomic E-state index is -0.486. The van der Waals surface area contributed by atoms with Gasteiger partial charge in [-0.25, -0.2) is 0 Å². The van der Waals surface area contributed by atoms with E-state index in [2.05, 4.69) is 23.5 Å². The van der Waals surface area contributed by atoms with Crippen LogP contribution in [0.5, 0.6) is 11.5 Å². The highest BCUT2D eigenvalue weighted by atomic mass is 16.5. The second-order valence-electron chi connectivity index (χ2n) is 7.28. The topological polar surface area (TPSA) is 81.4 Å². The molecular weight excluding hydrogens is 388 g/mol. The summed E-state index contributed by atoms with van der Waals surface area (Å²) in [5.74, 6) is 0.523. The number of hydrogen-bond donors (Lipinski definition) is 2. The maximum Gasteiger partial charge on any atom is 0.251 e. The molecule has 5 heteroatoms. The number of nitrogens with two attached hydrogens (primary N) is 1. The Kier molecular flexibility index (Phi) is 5.67. The summed E-state index contributed by atoms with van der Waals surface area (Å²) < 4.78 is 5.76. The van der Waals surface area contributed by atoms with Crippen molar-refractivity contribution in [3.8, 4) is 11.5 Å². The third-order valence-corrected chi connectivity index (χ3v) is 5.13. The van der Waals surface area contributed by atoms with E-state index >= 15 is 0 Å². The van der Waals surface area contributed by atoms with Crippen molar-refractivity contribution in [3.63, 3.8) is 0 Å². The van der Waals surface area contributed by atoms with Gasteiger partial charge in [-0.15, -0.1) is 0 Å². The minimum absolute atomic E-state index is 0.140. The number of carbonyl (C=O) groups excluding carboxylic acids is 2. The Morgan fingerprint density at radius 1 is 0.774 bits per heavy atom. The van der Waals surface area contributed by atoms with Crippen molar-refractivity contribution < 1.29 is 14.3 Å². The second-order valence-corrected chi connectivity index (χ2v) is 7.28. The van der Waals surface area contributed by atoms with E-state index in [-0.39, 0.29) is 11.9 Å². The zero-order valence-electron chi connectivity index (χ0n) is 17.0. The molecule has 4 rings (SSSR count). The maximum absolute atomic E-state index is 12.7. The molecular formula is C26H22N2O3. The van der Waals surface area contributed by atoms with Crippen LogP contribution in [0.15, 0.2) is 91.0 Å². The summed E-state index contributed by atoms with van der Waals surface area (Å²) in [5.41, 5.74) is 7.28. The molecule has 1 unspecified atom stereocenters. The van der Waals surface area contributed by atoms with Crippen molar-refractivity contribution >= 4 is 22.6 Å². The van der Waals surface area contributed by atoms with Crippen LogP contribution in [0.2, 0.25) is 0 Å². The molecule has 0 aliphatic heterocycles. The SMILES string of the molecule is CC(NC(=O)c1ccc(Oc2ccc(C(N)=O)cc2)cc1)c1cccc2ccccc12. The zero-order chi connectivity index (χ0) is 21.8. The van der Waals surface area contributed by atoms with Crippen molar-refractivity contribution in [1.82, 2.24) is 5.32 Å². The number of ether oxygens (including phenoxy) is 1. The van der Waals surface area contributed by atoms with Gasteiger partial charge in [0, 0.05) is 11.1 Å². The van der Waals surface area contributed by atoms with E-state index in [1.165, 1.54) is 0 Å². The monoisotopic (exact) mass is 410 g/mol. The van der Waals surface area contributed by atoms with Crippen LogP contribution < -0.4 is 15.8 Å². The second kappa shape index (κ2) is 8.71. The van der Waals surface area contributed by atoms with Gasteiger partial charge in [0.2, 0.25) is 5.91 Å². The summed E-state index contributed by atoms with van der Waals surface area (Å²) in [6.45, 7) is 1.98. The molecule has 0 heterocycles. The van der Waals surface area contributed by atoms with Crippen LogP contribution in [-0.2, 0) is 0 Å². The lowest BCUT2D eigenvalue weighted by Gasteiger charge is -2.17. The average molecular weight is 410 g/mol. The highest BCUT2D eigenvalue weighted by molar-refractivity contribution is 5.95. The third kappa shape index (κ3) is 4.56. The van der Waals surface area contributed by atoms with Gasteiger partial charge in [0.25, 0.3) is 5.91 Å². The molecule has 0 bridgehead atoms. The Morgan fingerprint density at radius 2 is 1.35 bits per heavy atom. The number of amides is 2.